The first-order valence-electron chi connectivity index (χ1n) is 7.37. The smallest absolute Gasteiger partial charge is 0.255 e. The molecule has 0 radical (unpaired) electrons. The van der Waals surface area contributed by atoms with E-state index < -0.39 is 0 Å². The quantitative estimate of drug-likeness (QED) is 0.895. The van der Waals surface area contributed by atoms with Crippen molar-refractivity contribution in [1.29, 1.82) is 0 Å². The van der Waals surface area contributed by atoms with Crippen LogP contribution in [0.5, 0.6) is 0 Å². The van der Waals surface area contributed by atoms with Crippen LogP contribution in [-0.2, 0) is 13.1 Å². The predicted molar refractivity (Wildman–Crippen MR) is 92.7 cm³/mol. The van der Waals surface area contributed by atoms with Crippen molar-refractivity contribution in [2.45, 2.75) is 32.9 Å². The van der Waals surface area contributed by atoms with Crippen molar-refractivity contribution in [2.75, 3.05) is 5.32 Å². The van der Waals surface area contributed by atoms with Crippen molar-refractivity contribution < 1.29 is 4.79 Å². The molecule has 0 saturated carbocycles. The van der Waals surface area contributed by atoms with Crippen LogP contribution < -0.4 is 10.6 Å². The lowest BCUT2D eigenvalue weighted by molar-refractivity contribution is 0.102. The second-order valence-electron chi connectivity index (χ2n) is 5.82. The van der Waals surface area contributed by atoms with E-state index >= 15 is 0 Å². The molecule has 1 aliphatic rings. The van der Waals surface area contributed by atoms with Crippen LogP contribution in [-0.4, -0.2) is 5.91 Å². The molecule has 22 heavy (non-hydrogen) atoms. The van der Waals surface area contributed by atoms with Crippen molar-refractivity contribution in [3.05, 3.63) is 64.7 Å². The van der Waals surface area contributed by atoms with E-state index in [-0.39, 0.29) is 18.3 Å². The van der Waals surface area contributed by atoms with E-state index in [1.807, 2.05) is 30.3 Å². The van der Waals surface area contributed by atoms with Gasteiger partial charge >= 0.3 is 0 Å². The number of hydrogen-bond acceptors (Lipinski definition) is 2. The molecule has 2 N–H and O–H groups in total. The second-order valence-corrected chi connectivity index (χ2v) is 5.82. The van der Waals surface area contributed by atoms with Gasteiger partial charge in [0.25, 0.3) is 5.91 Å². The van der Waals surface area contributed by atoms with E-state index in [0.29, 0.717) is 11.5 Å². The topological polar surface area (TPSA) is 41.1 Å². The van der Waals surface area contributed by atoms with Crippen LogP contribution in [0.25, 0.3) is 0 Å². The number of carbonyl (C=O) groups is 1. The fourth-order valence-corrected chi connectivity index (χ4v) is 2.59. The summed E-state index contributed by atoms with van der Waals surface area (Å²) in [6.07, 6.45) is 0. The maximum atomic E-state index is 12.3. The summed E-state index contributed by atoms with van der Waals surface area (Å²) in [6, 6.07) is 14.0. The lowest BCUT2D eigenvalue weighted by atomic mass is 10.0. The van der Waals surface area contributed by atoms with Gasteiger partial charge in [-0.15, -0.1) is 12.4 Å². The zero-order valence-electron chi connectivity index (χ0n) is 12.8. The molecule has 0 fully saturated rings. The monoisotopic (exact) mass is 316 g/mol. The van der Waals surface area contributed by atoms with Gasteiger partial charge in [0.15, 0.2) is 0 Å². The van der Waals surface area contributed by atoms with Crippen molar-refractivity contribution >= 4 is 24.0 Å². The van der Waals surface area contributed by atoms with Gasteiger partial charge in [0.05, 0.1) is 0 Å². The number of hydrogen-bond donors (Lipinski definition) is 2. The zero-order chi connectivity index (χ0) is 14.8. The van der Waals surface area contributed by atoms with E-state index in [9.17, 15) is 4.79 Å². The molecule has 0 unspecified atom stereocenters. The third kappa shape index (κ3) is 3.49. The highest BCUT2D eigenvalue weighted by atomic mass is 35.5. The molecule has 0 aromatic heterocycles. The molecule has 0 atom stereocenters. The van der Waals surface area contributed by atoms with Crippen LogP contribution >= 0.6 is 12.4 Å². The Labute approximate surface area is 137 Å². The summed E-state index contributed by atoms with van der Waals surface area (Å²) in [5.74, 6) is 0.445. The molecule has 1 heterocycles. The number of anilines is 1. The summed E-state index contributed by atoms with van der Waals surface area (Å²) in [5, 5.41) is 6.24. The maximum absolute atomic E-state index is 12.3. The van der Waals surface area contributed by atoms with Crippen LogP contribution in [0.3, 0.4) is 0 Å². The number of benzene rings is 2. The summed E-state index contributed by atoms with van der Waals surface area (Å²) in [4.78, 5) is 12.3. The Morgan fingerprint density at radius 2 is 1.73 bits per heavy atom. The lowest BCUT2D eigenvalue weighted by Crippen LogP contribution is -2.12. The molecule has 2 aromatic rings. The molecule has 0 bridgehead atoms. The largest absolute Gasteiger partial charge is 0.322 e. The van der Waals surface area contributed by atoms with Gasteiger partial charge in [-0.05, 0) is 46.9 Å². The van der Waals surface area contributed by atoms with Crippen molar-refractivity contribution in [3.8, 4) is 0 Å². The summed E-state index contributed by atoms with van der Waals surface area (Å²) in [6.45, 7) is 6.06. The maximum Gasteiger partial charge on any atom is 0.255 e. The average Bonchev–Trinajstić information content (AvgIpc) is 2.95. The van der Waals surface area contributed by atoms with Gasteiger partial charge in [0.1, 0.15) is 0 Å². The Morgan fingerprint density at radius 1 is 1.05 bits per heavy atom. The van der Waals surface area contributed by atoms with Crippen molar-refractivity contribution in [2.24, 2.45) is 0 Å². The van der Waals surface area contributed by atoms with Gasteiger partial charge in [-0.3, -0.25) is 4.79 Å². The Balaban J connectivity index is 0.00000176. The normalized spacial score (nSPS) is 12.7. The minimum absolute atomic E-state index is 0. The average molecular weight is 317 g/mol. The predicted octanol–water partition coefficient (Wildman–Crippen LogP) is 4.09. The van der Waals surface area contributed by atoms with Crippen LogP contribution in [0.1, 0.15) is 46.8 Å². The second kappa shape index (κ2) is 6.95. The number of amides is 1. The van der Waals surface area contributed by atoms with Gasteiger partial charge < -0.3 is 10.6 Å². The summed E-state index contributed by atoms with van der Waals surface area (Å²) >= 11 is 0. The molecule has 2 aromatic carbocycles. The van der Waals surface area contributed by atoms with E-state index in [1.54, 1.807) is 0 Å². The Kier molecular flexibility index (Phi) is 5.22. The Morgan fingerprint density at radius 3 is 2.41 bits per heavy atom. The molecule has 3 nitrogen and oxygen atoms in total. The SMILES string of the molecule is CC(C)c1ccc(NC(=O)c2ccc3c(c2)CNC3)cc1.Cl. The molecular formula is C18H21ClN2O. The Bertz CT molecular complexity index is 665. The van der Waals surface area contributed by atoms with Crippen LogP contribution in [0.4, 0.5) is 5.69 Å². The minimum Gasteiger partial charge on any atom is -0.322 e. The first kappa shape index (κ1) is 16.5. The first-order chi connectivity index (χ1) is 10.1. The lowest BCUT2D eigenvalue weighted by Gasteiger charge is -2.09. The van der Waals surface area contributed by atoms with Crippen LogP contribution in [0.2, 0.25) is 0 Å². The van der Waals surface area contributed by atoms with Gasteiger partial charge in [0, 0.05) is 24.3 Å². The molecular weight excluding hydrogens is 296 g/mol. The highest BCUT2D eigenvalue weighted by Gasteiger charge is 2.13. The third-order valence-corrected chi connectivity index (χ3v) is 3.93. The third-order valence-electron chi connectivity index (χ3n) is 3.93. The fourth-order valence-electron chi connectivity index (χ4n) is 2.59. The number of carbonyl (C=O) groups excluding carboxylic acids is 1. The molecule has 3 rings (SSSR count). The molecule has 116 valence electrons. The number of halogens is 1. The number of fused-ring (bicyclic) bond motifs is 1. The number of rotatable bonds is 3. The molecule has 1 aliphatic heterocycles. The molecule has 4 heteroatoms. The van der Waals surface area contributed by atoms with Gasteiger partial charge in [0.2, 0.25) is 0 Å². The highest BCUT2D eigenvalue weighted by Crippen LogP contribution is 2.20. The zero-order valence-corrected chi connectivity index (χ0v) is 13.7. The van der Waals surface area contributed by atoms with Crippen molar-refractivity contribution in [1.82, 2.24) is 5.32 Å². The summed E-state index contributed by atoms with van der Waals surface area (Å²) < 4.78 is 0. The van der Waals surface area contributed by atoms with E-state index in [2.05, 4.69) is 36.6 Å². The van der Waals surface area contributed by atoms with E-state index in [1.165, 1.54) is 16.7 Å². The van der Waals surface area contributed by atoms with E-state index in [0.717, 1.165) is 18.8 Å². The standard InChI is InChI=1S/C18H20N2O.ClH/c1-12(2)13-5-7-17(8-6-13)20-18(21)14-3-4-15-10-19-11-16(15)9-14;/h3-9,12,19H,10-11H2,1-2H3,(H,20,21);1H. The van der Waals surface area contributed by atoms with Crippen molar-refractivity contribution in [3.63, 3.8) is 0 Å². The molecule has 0 spiro atoms. The number of nitrogens with one attached hydrogen (secondary N) is 2. The fraction of sp³-hybridized carbons (Fsp3) is 0.278. The van der Waals surface area contributed by atoms with Crippen LogP contribution in [0.15, 0.2) is 42.5 Å². The first-order valence-corrected chi connectivity index (χ1v) is 7.37. The van der Waals surface area contributed by atoms with Gasteiger partial charge in [-0.25, -0.2) is 0 Å². The Hall–Kier alpha value is -1.84. The molecule has 0 aliphatic carbocycles. The highest BCUT2D eigenvalue weighted by molar-refractivity contribution is 6.04. The minimum atomic E-state index is -0.0537. The molecule has 1 amide bonds. The molecule has 0 saturated heterocycles. The van der Waals surface area contributed by atoms with Gasteiger partial charge in [-0.2, -0.15) is 0 Å². The summed E-state index contributed by atoms with van der Waals surface area (Å²) in [7, 11) is 0. The summed E-state index contributed by atoms with van der Waals surface area (Å²) in [5.41, 5.74) is 5.33. The van der Waals surface area contributed by atoms with E-state index in [4.69, 9.17) is 0 Å². The van der Waals surface area contributed by atoms with Gasteiger partial charge in [-0.1, -0.05) is 32.0 Å². The van der Waals surface area contributed by atoms with Crippen LogP contribution in [0, 0.1) is 0 Å².